The van der Waals surface area contributed by atoms with Crippen molar-refractivity contribution in [2.45, 2.75) is 0 Å². The summed E-state index contributed by atoms with van der Waals surface area (Å²) in [7, 11) is 0. The van der Waals surface area contributed by atoms with Gasteiger partial charge < -0.3 is 13.7 Å². The molecule has 0 N–H and O–H groups in total. The summed E-state index contributed by atoms with van der Waals surface area (Å²) in [5.74, 6) is 1.70. The van der Waals surface area contributed by atoms with Crippen molar-refractivity contribution in [3.8, 4) is 17.1 Å². The van der Waals surface area contributed by atoms with Crippen molar-refractivity contribution in [3.63, 3.8) is 0 Å². The third-order valence-electron chi connectivity index (χ3n) is 10.2. The van der Waals surface area contributed by atoms with Gasteiger partial charge in [0.15, 0.2) is 0 Å². The number of hydrogen-bond acceptors (Lipinski definition) is 3. The molecular formula is C43H24N8Pt. The first-order valence-corrected chi connectivity index (χ1v) is 16.9. The normalized spacial score (nSPS) is 12.1. The predicted octanol–water partition coefficient (Wildman–Crippen LogP) is 9.27. The first kappa shape index (κ1) is 29.2. The van der Waals surface area contributed by atoms with Gasteiger partial charge in [0.2, 0.25) is 11.6 Å². The molecule has 12 aromatic rings. The number of aromatic nitrogens is 8. The predicted molar refractivity (Wildman–Crippen MR) is 202 cm³/mol. The van der Waals surface area contributed by atoms with Gasteiger partial charge in [0.25, 0.3) is 0 Å². The number of benzene rings is 6. The molecule has 0 bridgehead atoms. The smallest absolute Gasteiger partial charge is 0.358 e. The third-order valence-corrected chi connectivity index (χ3v) is 10.2. The van der Waals surface area contributed by atoms with Gasteiger partial charge in [0, 0.05) is 17.9 Å². The number of hydrogen-bond donors (Lipinski definition) is 0. The summed E-state index contributed by atoms with van der Waals surface area (Å²) in [6.07, 6.45) is 3.79. The summed E-state index contributed by atoms with van der Waals surface area (Å²) in [6, 6.07) is 53.8. The number of para-hydroxylation sites is 8. The van der Waals surface area contributed by atoms with Gasteiger partial charge in [-0.3, -0.25) is 13.8 Å². The average molecular weight is 848 g/mol. The molecule has 0 radical (unpaired) electrons. The molecule has 246 valence electrons. The van der Waals surface area contributed by atoms with Crippen LogP contribution in [0.25, 0.3) is 94.6 Å². The van der Waals surface area contributed by atoms with Crippen LogP contribution in [-0.4, -0.2) is 37.5 Å². The number of rotatable bonds is 3. The Labute approximate surface area is 309 Å². The van der Waals surface area contributed by atoms with Crippen LogP contribution in [0.15, 0.2) is 146 Å². The molecule has 9 heteroatoms. The molecule has 0 spiro atoms. The van der Waals surface area contributed by atoms with E-state index in [4.69, 9.17) is 9.97 Å². The SMILES string of the molecule is [Pt+2].[c-]1c(-n2c3[c-]c(-n4c5ccccc5n5c6ccccc6nc45)ccc3c3cnccc32)cccc1-n1c2ccccc2n2c3ccccc3nc12. The molecular weight excluding hydrogens is 824 g/mol. The summed E-state index contributed by atoms with van der Waals surface area (Å²) >= 11 is 0. The minimum Gasteiger partial charge on any atom is -0.358 e. The zero-order chi connectivity index (χ0) is 33.2. The maximum Gasteiger partial charge on any atom is 2.00 e. The van der Waals surface area contributed by atoms with Crippen LogP contribution in [0.2, 0.25) is 0 Å². The third kappa shape index (κ3) is 3.82. The van der Waals surface area contributed by atoms with Crippen molar-refractivity contribution >= 4 is 77.5 Å². The molecule has 8 nitrogen and oxygen atoms in total. The van der Waals surface area contributed by atoms with Gasteiger partial charge in [0.1, 0.15) is 0 Å². The van der Waals surface area contributed by atoms with E-state index in [1.165, 1.54) is 0 Å². The number of pyridine rings is 1. The van der Waals surface area contributed by atoms with Gasteiger partial charge in [-0.05, 0) is 60.0 Å². The van der Waals surface area contributed by atoms with E-state index >= 15 is 0 Å². The molecule has 12 rings (SSSR count). The molecule has 0 fully saturated rings. The molecule has 6 aromatic carbocycles. The van der Waals surface area contributed by atoms with E-state index in [1.54, 1.807) is 0 Å². The average Bonchev–Trinajstić information content (AvgIpc) is 3.97. The molecule has 0 unspecified atom stereocenters. The topological polar surface area (TPSA) is 62.3 Å². The van der Waals surface area contributed by atoms with Crippen molar-refractivity contribution < 1.29 is 21.1 Å². The minimum absolute atomic E-state index is 0. The summed E-state index contributed by atoms with van der Waals surface area (Å²) in [6.45, 7) is 0. The molecule has 6 heterocycles. The van der Waals surface area contributed by atoms with E-state index in [1.807, 2.05) is 24.5 Å². The summed E-state index contributed by atoms with van der Waals surface area (Å²) in [5, 5.41) is 2.12. The van der Waals surface area contributed by atoms with Crippen LogP contribution in [0.3, 0.4) is 0 Å². The molecule has 0 amide bonds. The van der Waals surface area contributed by atoms with Gasteiger partial charge in [-0.25, -0.2) is 9.97 Å². The molecule has 0 aliphatic carbocycles. The van der Waals surface area contributed by atoms with Gasteiger partial charge in [-0.15, -0.1) is 35.7 Å². The largest absolute Gasteiger partial charge is 2.00 e. The molecule has 0 atom stereocenters. The van der Waals surface area contributed by atoms with E-state index in [0.717, 1.165) is 94.6 Å². The second-order valence-corrected chi connectivity index (χ2v) is 12.9. The maximum absolute atomic E-state index is 5.11. The zero-order valence-corrected chi connectivity index (χ0v) is 29.5. The number of imidazole rings is 4. The second kappa shape index (κ2) is 10.8. The molecule has 0 aliphatic heterocycles. The fourth-order valence-electron chi connectivity index (χ4n) is 8.04. The Morgan fingerprint density at radius 2 is 0.923 bits per heavy atom. The second-order valence-electron chi connectivity index (χ2n) is 12.9. The fraction of sp³-hybridized carbons (Fsp3) is 0. The Morgan fingerprint density at radius 1 is 0.404 bits per heavy atom. The van der Waals surface area contributed by atoms with E-state index in [2.05, 4.69) is 161 Å². The van der Waals surface area contributed by atoms with E-state index in [-0.39, 0.29) is 21.1 Å². The molecule has 0 saturated carbocycles. The Bertz CT molecular complexity index is 3390. The van der Waals surface area contributed by atoms with Crippen LogP contribution >= 0.6 is 0 Å². The van der Waals surface area contributed by atoms with Crippen LogP contribution in [0.5, 0.6) is 0 Å². The van der Waals surface area contributed by atoms with Gasteiger partial charge in [-0.2, -0.15) is 12.1 Å². The maximum atomic E-state index is 5.11. The van der Waals surface area contributed by atoms with Crippen LogP contribution in [0.1, 0.15) is 0 Å². The van der Waals surface area contributed by atoms with E-state index in [0.29, 0.717) is 0 Å². The van der Waals surface area contributed by atoms with Crippen molar-refractivity contribution in [1.29, 1.82) is 0 Å². The first-order valence-electron chi connectivity index (χ1n) is 16.9. The zero-order valence-electron chi connectivity index (χ0n) is 27.3. The standard InChI is InChI=1S/C43H24N8.Pt/c1-3-14-35-32(12-1)45-42-48(37-16-5-7-18-39(37)50(35)42)28-11-9-10-27(24-28)47-34-22-23-44-26-31(34)30-21-20-29(25-41(30)47)49-38-17-6-8-19-40(38)51-36-15-4-2-13-33(36)46-43(49)51;/h1-23,26H;/q-2;+2. The van der Waals surface area contributed by atoms with Crippen LogP contribution in [0.4, 0.5) is 0 Å². The monoisotopic (exact) mass is 847 g/mol. The van der Waals surface area contributed by atoms with Gasteiger partial charge in [0.05, 0.1) is 44.1 Å². The fourth-order valence-corrected chi connectivity index (χ4v) is 8.04. The van der Waals surface area contributed by atoms with E-state index < -0.39 is 0 Å². The summed E-state index contributed by atoms with van der Waals surface area (Å²) < 4.78 is 11.1. The Balaban J connectivity index is 0.00000320. The quantitative estimate of drug-likeness (QED) is 0.167. The van der Waals surface area contributed by atoms with Crippen molar-refractivity contribution in [2.75, 3.05) is 0 Å². The first-order chi connectivity index (χ1) is 25.3. The Morgan fingerprint density at radius 3 is 1.54 bits per heavy atom. The number of nitrogens with zero attached hydrogens (tertiary/aromatic N) is 8. The molecule has 6 aromatic heterocycles. The summed E-state index contributed by atoms with van der Waals surface area (Å²) in [5.41, 5.74) is 13.0. The van der Waals surface area contributed by atoms with Crippen molar-refractivity contribution in [2.24, 2.45) is 0 Å². The number of fused-ring (bicyclic) bond motifs is 13. The van der Waals surface area contributed by atoms with Gasteiger partial charge >= 0.3 is 21.1 Å². The van der Waals surface area contributed by atoms with Crippen molar-refractivity contribution in [1.82, 2.24) is 37.5 Å². The van der Waals surface area contributed by atoms with Crippen molar-refractivity contribution in [3.05, 3.63) is 158 Å². The van der Waals surface area contributed by atoms with E-state index in [9.17, 15) is 0 Å². The molecule has 0 saturated heterocycles. The molecule has 0 aliphatic rings. The summed E-state index contributed by atoms with van der Waals surface area (Å²) in [4.78, 5) is 14.7. The van der Waals surface area contributed by atoms with Gasteiger partial charge in [-0.1, -0.05) is 71.1 Å². The van der Waals surface area contributed by atoms with Crippen LogP contribution in [-0.2, 0) is 21.1 Å². The Hall–Kier alpha value is -6.50. The Kier molecular flexibility index (Phi) is 6.05. The molecule has 52 heavy (non-hydrogen) atoms. The van der Waals surface area contributed by atoms with Crippen LogP contribution < -0.4 is 0 Å². The van der Waals surface area contributed by atoms with Crippen LogP contribution in [0, 0.1) is 12.1 Å². The minimum atomic E-state index is 0.